The number of aliphatic hydroxyl groups is 1. The van der Waals surface area contributed by atoms with Gasteiger partial charge < -0.3 is 20.1 Å². The number of halogens is 1. The van der Waals surface area contributed by atoms with Crippen molar-refractivity contribution in [2.24, 2.45) is 5.92 Å². The predicted molar refractivity (Wildman–Crippen MR) is 137 cm³/mol. The van der Waals surface area contributed by atoms with Crippen LogP contribution < -0.4 is 10.1 Å². The van der Waals surface area contributed by atoms with Gasteiger partial charge in [0.05, 0.1) is 25.0 Å². The molecule has 1 atom stereocenters. The minimum Gasteiger partial charge on any atom is -0.491 e. The minimum absolute atomic E-state index is 0.0117. The summed E-state index contributed by atoms with van der Waals surface area (Å²) in [5.74, 6) is 0.584. The van der Waals surface area contributed by atoms with E-state index in [4.69, 9.17) is 9.84 Å². The second-order valence-electron chi connectivity index (χ2n) is 8.16. The van der Waals surface area contributed by atoms with Crippen LogP contribution in [0.5, 0.6) is 5.75 Å². The second kappa shape index (κ2) is 14.0. The molecular formula is C27H35FN4O4. The van der Waals surface area contributed by atoms with Crippen molar-refractivity contribution in [3.8, 4) is 17.0 Å². The number of aromatic amines is 1. The number of rotatable bonds is 7. The van der Waals surface area contributed by atoms with Crippen LogP contribution in [0, 0.1) is 18.7 Å². The molecule has 3 amide bonds. The third-order valence-electron chi connectivity index (χ3n) is 5.18. The van der Waals surface area contributed by atoms with Crippen LogP contribution in [0.4, 0.5) is 9.18 Å². The van der Waals surface area contributed by atoms with Gasteiger partial charge in [-0.1, -0.05) is 52.0 Å². The Bertz CT molecular complexity index is 1100. The fourth-order valence-electron chi connectivity index (χ4n) is 3.60. The molecule has 1 fully saturated rings. The lowest BCUT2D eigenvalue weighted by atomic mass is 10.0. The smallest absolute Gasteiger partial charge is 0.325 e. The summed E-state index contributed by atoms with van der Waals surface area (Å²) in [6, 6.07) is 13.4. The number of para-hydroxylation sites is 1. The number of amides is 3. The number of nitrogens with zero attached hydrogens (tertiary/aromatic N) is 2. The van der Waals surface area contributed by atoms with E-state index < -0.39 is 12.1 Å². The standard InChI is InChI=1S/C17H19FN4O2.C8H10O2.C2H6/c1-9(2)15(22-14(23)8-20-17(22)24)16-19-7-13(21-16)11-5-4-10(3)6-12(11)18;9-6-7-10-8-4-2-1-3-5-8;1-2/h4-7,9,15H,8H2,1-3H3,(H,19,21)(H,20,24);1-5,9H,6-7H2;1-2H3/t15-;;/m0../s1. The molecule has 0 bridgehead atoms. The zero-order chi connectivity index (χ0) is 26.7. The maximum absolute atomic E-state index is 14.2. The highest BCUT2D eigenvalue weighted by atomic mass is 19.1. The highest BCUT2D eigenvalue weighted by molar-refractivity contribution is 6.02. The van der Waals surface area contributed by atoms with Crippen molar-refractivity contribution < 1.29 is 23.8 Å². The Morgan fingerprint density at radius 1 is 1.14 bits per heavy atom. The van der Waals surface area contributed by atoms with Gasteiger partial charge in [-0.25, -0.2) is 14.2 Å². The van der Waals surface area contributed by atoms with Crippen molar-refractivity contribution in [1.29, 1.82) is 0 Å². The largest absolute Gasteiger partial charge is 0.491 e. The van der Waals surface area contributed by atoms with E-state index in [-0.39, 0.29) is 30.8 Å². The van der Waals surface area contributed by atoms with Gasteiger partial charge >= 0.3 is 6.03 Å². The lowest BCUT2D eigenvalue weighted by Crippen LogP contribution is -2.38. The number of aliphatic hydroxyl groups excluding tert-OH is 1. The van der Waals surface area contributed by atoms with Gasteiger partial charge in [0.1, 0.15) is 30.0 Å². The Morgan fingerprint density at radius 2 is 1.83 bits per heavy atom. The number of hydrogen-bond acceptors (Lipinski definition) is 5. The third kappa shape index (κ3) is 7.39. The van der Waals surface area contributed by atoms with Gasteiger partial charge in [0, 0.05) is 5.56 Å². The highest BCUT2D eigenvalue weighted by Crippen LogP contribution is 2.30. The zero-order valence-corrected chi connectivity index (χ0v) is 21.4. The number of ether oxygens (including phenoxy) is 1. The third-order valence-corrected chi connectivity index (χ3v) is 5.18. The Labute approximate surface area is 211 Å². The summed E-state index contributed by atoms with van der Waals surface area (Å²) in [5, 5.41) is 10.9. The minimum atomic E-state index is -0.526. The normalized spacial score (nSPS) is 13.4. The lowest BCUT2D eigenvalue weighted by Gasteiger charge is -2.26. The molecular weight excluding hydrogens is 463 g/mol. The molecule has 1 aromatic heterocycles. The quantitative estimate of drug-likeness (QED) is 0.404. The van der Waals surface area contributed by atoms with Crippen LogP contribution in [0.1, 0.15) is 45.1 Å². The van der Waals surface area contributed by atoms with Gasteiger partial charge in [-0.05, 0) is 42.7 Å². The predicted octanol–water partition coefficient (Wildman–Crippen LogP) is 4.86. The number of H-pyrrole nitrogens is 1. The van der Waals surface area contributed by atoms with Crippen molar-refractivity contribution in [2.75, 3.05) is 19.8 Å². The first-order chi connectivity index (χ1) is 17.3. The van der Waals surface area contributed by atoms with E-state index >= 15 is 0 Å². The number of imidazole rings is 1. The summed E-state index contributed by atoms with van der Waals surface area (Å²) in [5.41, 5.74) is 1.75. The van der Waals surface area contributed by atoms with Crippen LogP contribution in [0.2, 0.25) is 0 Å². The Morgan fingerprint density at radius 3 is 2.39 bits per heavy atom. The number of hydrogen-bond donors (Lipinski definition) is 3. The van der Waals surface area contributed by atoms with E-state index in [0.29, 0.717) is 23.7 Å². The van der Waals surface area contributed by atoms with E-state index in [1.807, 2.05) is 71.0 Å². The maximum Gasteiger partial charge on any atom is 0.325 e. The number of imide groups is 1. The van der Waals surface area contributed by atoms with E-state index in [1.54, 1.807) is 6.07 Å². The molecule has 36 heavy (non-hydrogen) atoms. The maximum atomic E-state index is 14.2. The molecule has 1 saturated heterocycles. The summed E-state index contributed by atoms with van der Waals surface area (Å²) in [7, 11) is 0. The number of aryl methyl sites for hydroxylation is 1. The van der Waals surface area contributed by atoms with Crippen molar-refractivity contribution in [3.63, 3.8) is 0 Å². The first-order valence-corrected chi connectivity index (χ1v) is 12.0. The topological polar surface area (TPSA) is 108 Å². The van der Waals surface area contributed by atoms with Crippen molar-refractivity contribution in [1.82, 2.24) is 20.2 Å². The van der Waals surface area contributed by atoms with Gasteiger partial charge in [0.15, 0.2) is 0 Å². The van der Waals surface area contributed by atoms with Gasteiger partial charge in [-0.2, -0.15) is 0 Å². The molecule has 1 aliphatic heterocycles. The molecule has 4 rings (SSSR count). The summed E-state index contributed by atoms with van der Waals surface area (Å²) < 4.78 is 19.3. The SMILES string of the molecule is CC.Cc1ccc(-c2cnc([C@H](C(C)C)N3C(=O)CNC3=O)[nH]2)c(F)c1.OCCOc1ccccc1. The average Bonchev–Trinajstić information content (AvgIpc) is 3.48. The van der Waals surface area contributed by atoms with Gasteiger partial charge in [-0.3, -0.25) is 9.69 Å². The van der Waals surface area contributed by atoms with E-state index in [0.717, 1.165) is 11.3 Å². The van der Waals surface area contributed by atoms with Crippen LogP contribution >= 0.6 is 0 Å². The number of aromatic nitrogens is 2. The van der Waals surface area contributed by atoms with Gasteiger partial charge in [0.2, 0.25) is 0 Å². The summed E-state index contributed by atoms with van der Waals surface area (Å²) in [6.45, 7) is 10.0. The van der Waals surface area contributed by atoms with E-state index in [9.17, 15) is 14.0 Å². The Hall–Kier alpha value is -3.72. The number of nitrogens with one attached hydrogen (secondary N) is 2. The fourth-order valence-corrected chi connectivity index (χ4v) is 3.60. The molecule has 0 saturated carbocycles. The molecule has 194 valence electrons. The van der Waals surface area contributed by atoms with Crippen LogP contribution in [-0.4, -0.2) is 51.7 Å². The van der Waals surface area contributed by atoms with Gasteiger partial charge in [-0.15, -0.1) is 0 Å². The molecule has 0 spiro atoms. The van der Waals surface area contributed by atoms with Crippen LogP contribution in [0.3, 0.4) is 0 Å². The highest BCUT2D eigenvalue weighted by Gasteiger charge is 2.38. The summed E-state index contributed by atoms with van der Waals surface area (Å²) >= 11 is 0. The molecule has 2 aromatic carbocycles. The summed E-state index contributed by atoms with van der Waals surface area (Å²) in [6.07, 6.45) is 1.52. The monoisotopic (exact) mass is 498 g/mol. The number of benzene rings is 2. The number of carbonyl (C=O) groups excluding carboxylic acids is 2. The number of urea groups is 1. The molecule has 0 radical (unpaired) electrons. The molecule has 8 nitrogen and oxygen atoms in total. The number of carbonyl (C=O) groups is 2. The van der Waals surface area contributed by atoms with Gasteiger partial charge in [0.25, 0.3) is 5.91 Å². The van der Waals surface area contributed by atoms with Crippen molar-refractivity contribution in [3.05, 3.63) is 71.9 Å². The molecule has 9 heteroatoms. The first-order valence-electron chi connectivity index (χ1n) is 12.0. The molecule has 3 N–H and O–H groups in total. The molecule has 0 aliphatic carbocycles. The molecule has 0 unspecified atom stereocenters. The summed E-state index contributed by atoms with van der Waals surface area (Å²) in [4.78, 5) is 32.5. The van der Waals surface area contributed by atoms with Crippen LogP contribution in [0.25, 0.3) is 11.3 Å². The van der Waals surface area contributed by atoms with Crippen LogP contribution in [-0.2, 0) is 4.79 Å². The van der Waals surface area contributed by atoms with Crippen molar-refractivity contribution >= 4 is 11.9 Å². The van der Waals surface area contributed by atoms with Crippen molar-refractivity contribution in [2.45, 2.75) is 40.7 Å². The Balaban J connectivity index is 0.000000318. The zero-order valence-electron chi connectivity index (χ0n) is 21.4. The first kappa shape index (κ1) is 28.5. The van der Waals surface area contributed by atoms with E-state index in [1.165, 1.54) is 17.2 Å². The average molecular weight is 499 g/mol. The second-order valence-corrected chi connectivity index (χ2v) is 8.16. The fraction of sp³-hybridized carbons (Fsp3) is 0.370. The molecule has 3 aromatic rings. The molecule has 2 heterocycles. The van der Waals surface area contributed by atoms with E-state index in [2.05, 4.69) is 15.3 Å². The lowest BCUT2D eigenvalue weighted by molar-refractivity contribution is -0.127. The van der Waals surface area contributed by atoms with Crippen LogP contribution in [0.15, 0.2) is 54.7 Å². The molecule has 1 aliphatic rings. The Kier molecular flexibility index (Phi) is 11.1.